The van der Waals surface area contributed by atoms with Crippen molar-refractivity contribution in [3.63, 3.8) is 0 Å². The lowest BCUT2D eigenvalue weighted by atomic mass is 9.80. The van der Waals surface area contributed by atoms with Crippen molar-refractivity contribution >= 4 is 17.1 Å². The summed E-state index contributed by atoms with van der Waals surface area (Å²) < 4.78 is 7.76. The van der Waals surface area contributed by atoms with Gasteiger partial charge in [0, 0.05) is 54.1 Å². The smallest absolute Gasteiger partial charge is 0.410 e. The second kappa shape index (κ2) is 6.83. The average molecular weight is 434 g/mol. The van der Waals surface area contributed by atoms with Crippen LogP contribution in [0.5, 0.6) is 0 Å². The van der Waals surface area contributed by atoms with E-state index < -0.39 is 5.60 Å². The van der Waals surface area contributed by atoms with Gasteiger partial charge in [-0.3, -0.25) is 4.68 Å². The number of rotatable bonds is 2. The van der Waals surface area contributed by atoms with Crippen LogP contribution in [0.4, 0.5) is 4.79 Å². The Bertz CT molecular complexity index is 1200. The van der Waals surface area contributed by atoms with Crippen LogP contribution < -0.4 is 0 Å². The fraction of sp³-hybridized carbons (Fsp3) is 0.560. The number of H-pyrrole nitrogens is 1. The van der Waals surface area contributed by atoms with Crippen LogP contribution in [0.15, 0.2) is 24.5 Å². The predicted octanol–water partition coefficient (Wildman–Crippen LogP) is 4.98. The maximum absolute atomic E-state index is 12.6. The number of aryl methyl sites for hydroxylation is 1. The molecular formula is C25H31N5O2. The highest BCUT2D eigenvalue weighted by molar-refractivity contribution is 5.84. The summed E-state index contributed by atoms with van der Waals surface area (Å²) >= 11 is 0. The normalized spacial score (nSPS) is 23.2. The molecule has 7 heteroatoms. The first kappa shape index (κ1) is 19.8. The number of nitrogens with one attached hydrogen (secondary N) is 1. The Morgan fingerprint density at radius 3 is 2.78 bits per heavy atom. The Hall–Kier alpha value is -2.83. The van der Waals surface area contributed by atoms with Gasteiger partial charge in [-0.05, 0) is 70.1 Å². The minimum atomic E-state index is -0.473. The van der Waals surface area contributed by atoms with Crippen molar-refractivity contribution in [3.05, 3.63) is 35.8 Å². The van der Waals surface area contributed by atoms with Crippen molar-refractivity contribution in [3.8, 4) is 11.3 Å². The third-order valence-electron chi connectivity index (χ3n) is 7.53. The maximum atomic E-state index is 12.6. The summed E-state index contributed by atoms with van der Waals surface area (Å²) in [4.78, 5) is 22.5. The van der Waals surface area contributed by atoms with E-state index in [0.717, 1.165) is 42.8 Å². The summed E-state index contributed by atoms with van der Waals surface area (Å²) in [5, 5.41) is 6.17. The van der Waals surface area contributed by atoms with Gasteiger partial charge < -0.3 is 14.6 Å². The summed E-state index contributed by atoms with van der Waals surface area (Å²) in [6, 6.07) is 4.48. The lowest BCUT2D eigenvalue weighted by Crippen LogP contribution is -2.37. The highest BCUT2D eigenvalue weighted by Gasteiger charge is 2.47. The molecule has 3 aromatic heterocycles. The fourth-order valence-electron chi connectivity index (χ4n) is 5.59. The van der Waals surface area contributed by atoms with Crippen LogP contribution in [0.2, 0.25) is 0 Å². The van der Waals surface area contributed by atoms with E-state index in [-0.39, 0.29) is 11.5 Å². The monoisotopic (exact) mass is 433 g/mol. The minimum absolute atomic E-state index is 0.0230. The lowest BCUT2D eigenvalue weighted by molar-refractivity contribution is 0.0284. The first-order valence-electron chi connectivity index (χ1n) is 11.9. The Morgan fingerprint density at radius 1 is 1.22 bits per heavy atom. The Balaban J connectivity index is 1.28. The number of carbonyl (C=O) groups excluding carboxylic acids is 1. The summed E-state index contributed by atoms with van der Waals surface area (Å²) in [6.45, 7) is 8.08. The fourth-order valence-corrected chi connectivity index (χ4v) is 5.59. The number of fused-ring (bicyclic) bond motifs is 3. The summed E-state index contributed by atoms with van der Waals surface area (Å²) in [7, 11) is 0. The largest absolute Gasteiger partial charge is 0.444 e. The Kier molecular flexibility index (Phi) is 4.23. The zero-order valence-electron chi connectivity index (χ0n) is 19.1. The minimum Gasteiger partial charge on any atom is -0.444 e. The molecule has 32 heavy (non-hydrogen) atoms. The maximum Gasteiger partial charge on any atom is 0.410 e. The van der Waals surface area contributed by atoms with Crippen LogP contribution in [-0.2, 0) is 16.7 Å². The van der Waals surface area contributed by atoms with Gasteiger partial charge >= 0.3 is 6.09 Å². The van der Waals surface area contributed by atoms with E-state index in [1.54, 1.807) is 0 Å². The molecule has 0 aromatic carbocycles. The molecule has 0 bridgehead atoms. The molecule has 1 amide bonds. The summed E-state index contributed by atoms with van der Waals surface area (Å²) in [5.74, 6) is 0.661. The number of hydrogen-bond donors (Lipinski definition) is 1. The van der Waals surface area contributed by atoms with E-state index >= 15 is 0 Å². The molecule has 1 N–H and O–H groups in total. The van der Waals surface area contributed by atoms with Gasteiger partial charge in [-0.2, -0.15) is 5.10 Å². The molecule has 2 fully saturated rings. The van der Waals surface area contributed by atoms with Crippen molar-refractivity contribution in [2.24, 2.45) is 0 Å². The van der Waals surface area contributed by atoms with Gasteiger partial charge in [-0.1, -0.05) is 6.42 Å². The molecular weight excluding hydrogens is 402 g/mol. The lowest BCUT2D eigenvalue weighted by Gasteiger charge is -2.26. The molecule has 1 unspecified atom stereocenters. The van der Waals surface area contributed by atoms with Gasteiger partial charge in [0.05, 0.1) is 5.69 Å². The first-order chi connectivity index (χ1) is 15.3. The van der Waals surface area contributed by atoms with Crippen LogP contribution in [0.1, 0.15) is 70.1 Å². The molecule has 1 atom stereocenters. The number of likely N-dealkylation sites (tertiary alicyclic amines) is 1. The zero-order chi connectivity index (χ0) is 22.1. The van der Waals surface area contributed by atoms with Crippen LogP contribution >= 0.6 is 0 Å². The van der Waals surface area contributed by atoms with Gasteiger partial charge in [0.1, 0.15) is 11.2 Å². The van der Waals surface area contributed by atoms with E-state index in [9.17, 15) is 4.79 Å². The summed E-state index contributed by atoms with van der Waals surface area (Å²) in [5.41, 5.74) is 5.15. The van der Waals surface area contributed by atoms with Crippen molar-refractivity contribution in [1.82, 2.24) is 24.6 Å². The van der Waals surface area contributed by atoms with Crippen LogP contribution in [0, 0.1) is 0 Å². The van der Waals surface area contributed by atoms with Crippen LogP contribution in [-0.4, -0.2) is 49.4 Å². The van der Waals surface area contributed by atoms with E-state index in [4.69, 9.17) is 9.84 Å². The van der Waals surface area contributed by atoms with Crippen molar-refractivity contribution in [1.29, 1.82) is 0 Å². The van der Waals surface area contributed by atoms with Crippen LogP contribution in [0.25, 0.3) is 22.3 Å². The Labute approximate surface area is 188 Å². The van der Waals surface area contributed by atoms with Crippen molar-refractivity contribution in [2.75, 3.05) is 13.1 Å². The topological polar surface area (TPSA) is 76.0 Å². The number of amides is 1. The van der Waals surface area contributed by atoms with E-state index in [1.807, 2.05) is 31.9 Å². The molecule has 5 heterocycles. The SMILES string of the molecule is CC(C)(C)OC(=O)N1CCC2(CCn3nc(-c4cnc5[nH]cc(C6CCC6)c5c4)cc32)C1. The van der Waals surface area contributed by atoms with Gasteiger partial charge in [-0.25, -0.2) is 9.78 Å². The highest BCUT2D eigenvalue weighted by atomic mass is 16.6. The number of aromatic nitrogens is 4. The van der Waals surface area contributed by atoms with Gasteiger partial charge in [0.2, 0.25) is 0 Å². The highest BCUT2D eigenvalue weighted by Crippen LogP contribution is 2.44. The van der Waals surface area contributed by atoms with Gasteiger partial charge in [0.15, 0.2) is 0 Å². The third-order valence-corrected chi connectivity index (χ3v) is 7.53. The van der Waals surface area contributed by atoms with E-state index in [0.29, 0.717) is 12.5 Å². The molecule has 0 radical (unpaired) electrons. The predicted molar refractivity (Wildman–Crippen MR) is 123 cm³/mol. The molecule has 1 saturated carbocycles. The molecule has 1 spiro atoms. The first-order valence-corrected chi connectivity index (χ1v) is 11.9. The second-order valence-electron chi connectivity index (χ2n) is 10.8. The summed E-state index contributed by atoms with van der Waals surface area (Å²) in [6.07, 6.45) is 9.69. The van der Waals surface area contributed by atoms with Crippen molar-refractivity contribution < 1.29 is 9.53 Å². The number of aromatic amines is 1. The average Bonchev–Trinajstić information content (AvgIpc) is 3.45. The molecule has 1 aliphatic carbocycles. The molecule has 3 aromatic rings. The van der Waals surface area contributed by atoms with E-state index in [1.165, 1.54) is 35.9 Å². The number of pyridine rings is 1. The number of nitrogens with zero attached hydrogens (tertiary/aromatic N) is 4. The molecule has 3 aliphatic rings. The number of hydrogen-bond acceptors (Lipinski definition) is 4. The number of ether oxygens (including phenoxy) is 1. The van der Waals surface area contributed by atoms with Gasteiger partial charge in [-0.15, -0.1) is 0 Å². The van der Waals surface area contributed by atoms with Crippen molar-refractivity contribution in [2.45, 2.75) is 76.4 Å². The van der Waals surface area contributed by atoms with E-state index in [2.05, 4.69) is 33.0 Å². The van der Waals surface area contributed by atoms with Gasteiger partial charge in [0.25, 0.3) is 0 Å². The standard InChI is InChI=1S/C25H31N5O2/c1-24(2,3)32-23(31)29-9-7-25(15-29)8-10-30-21(25)12-20(28-30)17-11-18-19(16-5-4-6-16)14-27-22(18)26-13-17/h11-14,16H,4-10,15H2,1-3H3,(H,26,27). The Morgan fingerprint density at radius 2 is 2.03 bits per heavy atom. The quantitative estimate of drug-likeness (QED) is 0.619. The molecule has 6 rings (SSSR count). The second-order valence-corrected chi connectivity index (χ2v) is 10.8. The molecule has 168 valence electrons. The number of carbonyl (C=O) groups is 1. The molecule has 7 nitrogen and oxygen atoms in total. The molecule has 2 aliphatic heterocycles. The van der Waals surface area contributed by atoms with Crippen LogP contribution in [0.3, 0.4) is 0 Å². The third kappa shape index (κ3) is 3.12. The zero-order valence-corrected chi connectivity index (χ0v) is 19.1. The molecule has 1 saturated heterocycles.